The second kappa shape index (κ2) is 10.2. The van der Waals surface area contributed by atoms with Gasteiger partial charge in [-0.3, -0.25) is 9.59 Å². The van der Waals surface area contributed by atoms with Crippen LogP contribution in [0.1, 0.15) is 43.4 Å². The number of carbonyl (C=O) groups is 2. The first kappa shape index (κ1) is 21.1. The minimum absolute atomic E-state index is 0.118. The predicted molar refractivity (Wildman–Crippen MR) is 99.0 cm³/mol. The van der Waals surface area contributed by atoms with E-state index in [0.29, 0.717) is 19.6 Å². The third kappa shape index (κ3) is 7.67. The fourth-order valence-corrected chi connectivity index (χ4v) is 2.67. The predicted octanol–water partition coefficient (Wildman–Crippen LogP) is 2.80. The molecule has 0 heterocycles. The lowest BCUT2D eigenvalue weighted by molar-refractivity contribution is -0.141. The topological polar surface area (TPSA) is 87.7 Å². The number of rotatable bonds is 10. The normalized spacial score (nSPS) is 12.2. The van der Waals surface area contributed by atoms with Crippen molar-refractivity contribution in [3.63, 3.8) is 0 Å². The third-order valence-corrected chi connectivity index (χ3v) is 3.79. The number of carbonyl (C=O) groups excluding carboxylic acids is 1. The van der Waals surface area contributed by atoms with Crippen LogP contribution in [-0.4, -0.2) is 42.3 Å². The third-order valence-electron chi connectivity index (χ3n) is 3.79. The summed E-state index contributed by atoms with van der Waals surface area (Å²) in [7, 11) is 0. The number of anilines is 1. The lowest BCUT2D eigenvalue weighted by Crippen LogP contribution is -2.40. The van der Waals surface area contributed by atoms with Gasteiger partial charge in [0.2, 0.25) is 5.91 Å². The number of amides is 1. The largest absolute Gasteiger partial charge is 0.480 e. The van der Waals surface area contributed by atoms with Crippen molar-refractivity contribution in [1.82, 2.24) is 5.32 Å². The number of aryl methyl sites for hydroxylation is 3. The molecular weight excluding hydrogens is 320 g/mol. The van der Waals surface area contributed by atoms with Crippen LogP contribution in [0, 0.1) is 20.8 Å². The molecule has 0 aliphatic rings. The fourth-order valence-electron chi connectivity index (χ4n) is 2.67. The molecule has 0 bridgehead atoms. The van der Waals surface area contributed by atoms with E-state index in [2.05, 4.69) is 10.6 Å². The van der Waals surface area contributed by atoms with Gasteiger partial charge in [-0.05, 0) is 58.7 Å². The molecule has 6 nitrogen and oxygen atoms in total. The quantitative estimate of drug-likeness (QED) is 0.565. The van der Waals surface area contributed by atoms with Crippen LogP contribution in [-0.2, 0) is 14.3 Å². The number of aliphatic carboxylic acids is 1. The van der Waals surface area contributed by atoms with Crippen molar-refractivity contribution >= 4 is 17.6 Å². The molecule has 1 unspecified atom stereocenters. The van der Waals surface area contributed by atoms with Crippen molar-refractivity contribution in [2.75, 3.05) is 18.5 Å². The molecule has 3 N–H and O–H groups in total. The lowest BCUT2D eigenvalue weighted by atomic mass is 10.0. The zero-order valence-corrected chi connectivity index (χ0v) is 15.8. The molecule has 140 valence electrons. The van der Waals surface area contributed by atoms with Crippen LogP contribution in [0.2, 0.25) is 0 Å². The summed E-state index contributed by atoms with van der Waals surface area (Å²) in [5, 5.41) is 15.1. The van der Waals surface area contributed by atoms with Crippen LogP contribution >= 0.6 is 0 Å². The van der Waals surface area contributed by atoms with E-state index in [-0.39, 0.29) is 18.4 Å². The number of ether oxygens (including phenoxy) is 1. The van der Waals surface area contributed by atoms with Gasteiger partial charge < -0.3 is 20.5 Å². The average Bonchev–Trinajstić information content (AvgIpc) is 2.48. The molecule has 0 fully saturated rings. The number of hydrogen-bond donors (Lipinski definition) is 3. The maximum atomic E-state index is 12.3. The monoisotopic (exact) mass is 350 g/mol. The standard InChI is InChI=1S/C19H30N2O4/c1-12(2)25-8-6-7-20-16(19(23)24)11-17(22)21-18-14(4)9-13(3)10-15(18)5/h9-10,12,16,20H,6-8,11H2,1-5H3,(H,21,22)(H,23,24). The summed E-state index contributed by atoms with van der Waals surface area (Å²) < 4.78 is 5.41. The summed E-state index contributed by atoms with van der Waals surface area (Å²) in [5.74, 6) is -1.34. The summed E-state index contributed by atoms with van der Waals surface area (Å²) >= 11 is 0. The Morgan fingerprint density at radius 3 is 2.28 bits per heavy atom. The van der Waals surface area contributed by atoms with E-state index in [9.17, 15) is 14.7 Å². The number of nitrogens with one attached hydrogen (secondary N) is 2. The number of carboxylic acid groups (broad SMARTS) is 1. The van der Waals surface area contributed by atoms with Gasteiger partial charge in [0.25, 0.3) is 0 Å². The second-order valence-corrected chi connectivity index (χ2v) is 6.64. The van der Waals surface area contributed by atoms with Crippen LogP contribution in [0.15, 0.2) is 12.1 Å². The van der Waals surface area contributed by atoms with Crippen molar-refractivity contribution in [3.05, 3.63) is 28.8 Å². The summed E-state index contributed by atoms with van der Waals surface area (Å²) in [6.45, 7) is 10.8. The molecule has 1 rings (SSSR count). The highest BCUT2D eigenvalue weighted by molar-refractivity contribution is 5.95. The van der Waals surface area contributed by atoms with Gasteiger partial charge in [0.15, 0.2) is 0 Å². The fraction of sp³-hybridized carbons (Fsp3) is 0.579. The zero-order valence-electron chi connectivity index (χ0n) is 15.8. The molecule has 1 aromatic rings. The Hall–Kier alpha value is -1.92. The molecular formula is C19H30N2O4. The van der Waals surface area contributed by atoms with Gasteiger partial charge in [-0.15, -0.1) is 0 Å². The van der Waals surface area contributed by atoms with Gasteiger partial charge in [-0.1, -0.05) is 17.7 Å². The van der Waals surface area contributed by atoms with Crippen molar-refractivity contribution in [2.45, 2.75) is 59.6 Å². The molecule has 0 saturated carbocycles. The Kier molecular flexibility index (Phi) is 8.58. The van der Waals surface area contributed by atoms with E-state index in [1.165, 1.54) is 0 Å². The summed E-state index contributed by atoms with van der Waals surface area (Å²) in [4.78, 5) is 23.6. The van der Waals surface area contributed by atoms with Crippen molar-refractivity contribution < 1.29 is 19.4 Å². The van der Waals surface area contributed by atoms with Crippen LogP contribution in [0.5, 0.6) is 0 Å². The molecule has 0 saturated heterocycles. The van der Waals surface area contributed by atoms with Crippen molar-refractivity contribution in [3.8, 4) is 0 Å². The van der Waals surface area contributed by atoms with E-state index in [1.807, 2.05) is 46.8 Å². The highest BCUT2D eigenvalue weighted by Gasteiger charge is 2.21. The molecule has 1 atom stereocenters. The molecule has 0 radical (unpaired) electrons. The van der Waals surface area contributed by atoms with Crippen LogP contribution in [0.25, 0.3) is 0 Å². The Bertz CT molecular complexity index is 576. The number of carboxylic acids is 1. The van der Waals surface area contributed by atoms with E-state index < -0.39 is 12.0 Å². The average molecular weight is 350 g/mol. The molecule has 0 aliphatic carbocycles. The van der Waals surface area contributed by atoms with Crippen LogP contribution in [0.4, 0.5) is 5.69 Å². The van der Waals surface area contributed by atoms with Crippen molar-refractivity contribution in [1.29, 1.82) is 0 Å². The molecule has 1 aromatic carbocycles. The van der Waals surface area contributed by atoms with Crippen LogP contribution in [0.3, 0.4) is 0 Å². The van der Waals surface area contributed by atoms with Gasteiger partial charge >= 0.3 is 5.97 Å². The highest BCUT2D eigenvalue weighted by atomic mass is 16.5. The molecule has 0 spiro atoms. The van der Waals surface area contributed by atoms with Gasteiger partial charge in [0.05, 0.1) is 12.5 Å². The van der Waals surface area contributed by atoms with Gasteiger partial charge in [-0.25, -0.2) is 0 Å². The van der Waals surface area contributed by atoms with E-state index in [0.717, 1.165) is 22.4 Å². The lowest BCUT2D eigenvalue weighted by Gasteiger charge is -2.17. The first-order chi connectivity index (χ1) is 11.7. The maximum Gasteiger partial charge on any atom is 0.321 e. The first-order valence-electron chi connectivity index (χ1n) is 8.66. The second-order valence-electron chi connectivity index (χ2n) is 6.64. The maximum absolute atomic E-state index is 12.3. The summed E-state index contributed by atoms with van der Waals surface area (Å²) in [6.07, 6.45) is 0.731. The Morgan fingerprint density at radius 2 is 1.76 bits per heavy atom. The number of hydrogen-bond acceptors (Lipinski definition) is 4. The zero-order chi connectivity index (χ0) is 19.0. The summed E-state index contributed by atoms with van der Waals surface area (Å²) in [6, 6.07) is 3.07. The molecule has 0 aromatic heterocycles. The minimum Gasteiger partial charge on any atom is -0.480 e. The van der Waals surface area contributed by atoms with Gasteiger partial charge in [-0.2, -0.15) is 0 Å². The van der Waals surface area contributed by atoms with Crippen molar-refractivity contribution in [2.24, 2.45) is 0 Å². The van der Waals surface area contributed by atoms with E-state index in [4.69, 9.17) is 4.74 Å². The Balaban J connectivity index is 2.55. The van der Waals surface area contributed by atoms with E-state index in [1.54, 1.807) is 0 Å². The SMILES string of the molecule is Cc1cc(C)c(NC(=O)CC(NCCCOC(C)C)C(=O)O)c(C)c1. The van der Waals surface area contributed by atoms with Crippen LogP contribution < -0.4 is 10.6 Å². The number of benzene rings is 1. The Morgan fingerprint density at radius 1 is 1.16 bits per heavy atom. The van der Waals surface area contributed by atoms with Gasteiger partial charge in [0, 0.05) is 12.3 Å². The molecule has 1 amide bonds. The Labute approximate surface area is 150 Å². The summed E-state index contributed by atoms with van der Waals surface area (Å²) in [5.41, 5.74) is 3.82. The molecule has 6 heteroatoms. The van der Waals surface area contributed by atoms with E-state index >= 15 is 0 Å². The highest BCUT2D eigenvalue weighted by Crippen LogP contribution is 2.22. The first-order valence-corrected chi connectivity index (χ1v) is 8.66. The molecule has 25 heavy (non-hydrogen) atoms. The smallest absolute Gasteiger partial charge is 0.321 e. The van der Waals surface area contributed by atoms with Gasteiger partial charge in [0.1, 0.15) is 6.04 Å². The molecule has 0 aliphatic heterocycles. The minimum atomic E-state index is -1.03.